The molecule has 1 aliphatic rings. The van der Waals surface area contributed by atoms with Gasteiger partial charge in [0.25, 0.3) is 0 Å². The average molecular weight is 229 g/mol. The summed E-state index contributed by atoms with van der Waals surface area (Å²) in [6.45, 7) is 5.41. The van der Waals surface area contributed by atoms with Gasteiger partial charge in [0.15, 0.2) is 0 Å². The molecule has 0 aromatic heterocycles. The second-order valence-electron chi connectivity index (χ2n) is 4.76. The minimum absolute atomic E-state index is 0.144. The van der Waals surface area contributed by atoms with Crippen molar-refractivity contribution in [1.82, 2.24) is 5.32 Å². The average Bonchev–Trinajstić information content (AvgIpc) is 2.97. The normalized spacial score (nSPS) is 19.2. The zero-order valence-corrected chi connectivity index (χ0v) is 10.3. The minimum atomic E-state index is -0.144. The molecular formula is C12H23NO3. The molecular weight excluding hydrogens is 206 g/mol. The lowest BCUT2D eigenvalue weighted by atomic mass is 10.0. The van der Waals surface area contributed by atoms with Gasteiger partial charge in [-0.15, -0.1) is 0 Å². The largest absolute Gasteiger partial charge is 0.466 e. The van der Waals surface area contributed by atoms with Crippen LogP contribution in [0.4, 0.5) is 0 Å². The first-order valence-electron chi connectivity index (χ1n) is 6.12. The van der Waals surface area contributed by atoms with Crippen molar-refractivity contribution in [3.8, 4) is 0 Å². The summed E-state index contributed by atoms with van der Waals surface area (Å²) in [5.41, 5.74) is 0.303. The highest BCUT2D eigenvalue weighted by Gasteiger charge is 2.41. The highest BCUT2D eigenvalue weighted by atomic mass is 16.5. The van der Waals surface area contributed by atoms with Gasteiger partial charge >= 0.3 is 5.97 Å². The number of carbonyl (C=O) groups is 1. The van der Waals surface area contributed by atoms with Crippen molar-refractivity contribution in [3.63, 3.8) is 0 Å². The van der Waals surface area contributed by atoms with E-state index in [1.165, 1.54) is 12.8 Å². The molecule has 1 aliphatic carbocycles. The third kappa shape index (κ3) is 4.49. The lowest BCUT2D eigenvalue weighted by molar-refractivity contribution is -0.143. The molecule has 0 spiro atoms. The minimum Gasteiger partial charge on any atom is -0.466 e. The Morgan fingerprint density at radius 2 is 2.25 bits per heavy atom. The standard InChI is InChI=1S/C12H23NO3/c1-3-16-11(15)8-10(2)13-9-12(4-5-12)6-7-14/h10,13-14H,3-9H2,1-2H3. The molecule has 94 valence electrons. The van der Waals surface area contributed by atoms with Gasteiger partial charge in [0, 0.05) is 19.2 Å². The van der Waals surface area contributed by atoms with Crippen LogP contribution in [-0.2, 0) is 9.53 Å². The van der Waals surface area contributed by atoms with Crippen LogP contribution in [0.1, 0.15) is 39.5 Å². The zero-order valence-electron chi connectivity index (χ0n) is 10.3. The monoisotopic (exact) mass is 229 g/mol. The van der Waals surface area contributed by atoms with E-state index in [9.17, 15) is 4.79 Å². The number of carbonyl (C=O) groups excluding carboxylic acids is 1. The molecule has 4 heteroatoms. The summed E-state index contributed by atoms with van der Waals surface area (Å²) >= 11 is 0. The van der Waals surface area contributed by atoms with Crippen molar-refractivity contribution >= 4 is 5.97 Å². The summed E-state index contributed by atoms with van der Waals surface area (Å²) in [5.74, 6) is -0.144. The van der Waals surface area contributed by atoms with Crippen LogP contribution >= 0.6 is 0 Å². The summed E-state index contributed by atoms with van der Waals surface area (Å²) < 4.78 is 4.89. The quantitative estimate of drug-likeness (QED) is 0.611. The van der Waals surface area contributed by atoms with Crippen LogP contribution in [0.2, 0.25) is 0 Å². The van der Waals surface area contributed by atoms with E-state index in [0.29, 0.717) is 18.4 Å². The fourth-order valence-corrected chi connectivity index (χ4v) is 1.86. The maximum atomic E-state index is 11.2. The fourth-order valence-electron chi connectivity index (χ4n) is 1.86. The molecule has 0 amide bonds. The third-order valence-electron chi connectivity index (χ3n) is 3.20. The van der Waals surface area contributed by atoms with Crippen molar-refractivity contribution in [3.05, 3.63) is 0 Å². The molecule has 0 heterocycles. The van der Waals surface area contributed by atoms with Gasteiger partial charge in [0.2, 0.25) is 0 Å². The molecule has 16 heavy (non-hydrogen) atoms. The Morgan fingerprint density at radius 3 is 2.75 bits per heavy atom. The number of nitrogens with one attached hydrogen (secondary N) is 1. The van der Waals surface area contributed by atoms with E-state index >= 15 is 0 Å². The van der Waals surface area contributed by atoms with Crippen molar-refractivity contribution in [1.29, 1.82) is 0 Å². The Kier molecular flexibility index (Phi) is 5.22. The van der Waals surface area contributed by atoms with Crippen LogP contribution in [-0.4, -0.2) is 36.9 Å². The van der Waals surface area contributed by atoms with Crippen LogP contribution in [0.3, 0.4) is 0 Å². The molecule has 0 radical (unpaired) electrons. The van der Waals surface area contributed by atoms with Gasteiger partial charge in [-0.3, -0.25) is 4.79 Å². The Bertz CT molecular complexity index is 226. The van der Waals surface area contributed by atoms with E-state index in [2.05, 4.69) is 5.32 Å². The van der Waals surface area contributed by atoms with E-state index in [1.54, 1.807) is 0 Å². The van der Waals surface area contributed by atoms with Crippen LogP contribution in [0.5, 0.6) is 0 Å². The van der Waals surface area contributed by atoms with Gasteiger partial charge in [-0.2, -0.15) is 0 Å². The number of hydrogen-bond donors (Lipinski definition) is 2. The number of aliphatic hydroxyl groups excluding tert-OH is 1. The van der Waals surface area contributed by atoms with Crippen molar-refractivity contribution < 1.29 is 14.6 Å². The number of hydrogen-bond acceptors (Lipinski definition) is 4. The first-order valence-corrected chi connectivity index (χ1v) is 6.12. The van der Waals surface area contributed by atoms with E-state index in [0.717, 1.165) is 13.0 Å². The number of ether oxygens (including phenoxy) is 1. The summed E-state index contributed by atoms with van der Waals surface area (Å²) in [6.07, 6.45) is 3.66. The predicted molar refractivity (Wildman–Crippen MR) is 62.1 cm³/mol. The summed E-state index contributed by atoms with van der Waals surface area (Å²) in [4.78, 5) is 11.2. The molecule has 1 fully saturated rings. The van der Waals surface area contributed by atoms with Crippen LogP contribution < -0.4 is 5.32 Å². The van der Waals surface area contributed by atoms with Gasteiger partial charge < -0.3 is 15.2 Å². The topological polar surface area (TPSA) is 58.6 Å². The maximum Gasteiger partial charge on any atom is 0.307 e. The second kappa shape index (κ2) is 6.21. The molecule has 0 aromatic rings. The van der Waals surface area contributed by atoms with Gasteiger partial charge in [0.1, 0.15) is 0 Å². The van der Waals surface area contributed by atoms with Gasteiger partial charge in [-0.25, -0.2) is 0 Å². The van der Waals surface area contributed by atoms with E-state index < -0.39 is 0 Å². The Morgan fingerprint density at radius 1 is 1.56 bits per heavy atom. The molecule has 0 saturated heterocycles. The number of esters is 1. The lowest BCUT2D eigenvalue weighted by Gasteiger charge is -2.18. The highest BCUT2D eigenvalue weighted by molar-refractivity contribution is 5.69. The predicted octanol–water partition coefficient (Wildman–Crippen LogP) is 1.08. The van der Waals surface area contributed by atoms with Gasteiger partial charge in [0.05, 0.1) is 13.0 Å². The summed E-state index contributed by atoms with van der Waals surface area (Å²) in [5, 5.41) is 12.3. The molecule has 4 nitrogen and oxygen atoms in total. The van der Waals surface area contributed by atoms with E-state index in [1.807, 2.05) is 13.8 Å². The molecule has 1 saturated carbocycles. The van der Waals surface area contributed by atoms with Crippen molar-refractivity contribution in [2.75, 3.05) is 19.8 Å². The highest BCUT2D eigenvalue weighted by Crippen LogP contribution is 2.47. The van der Waals surface area contributed by atoms with Crippen molar-refractivity contribution in [2.24, 2.45) is 5.41 Å². The van der Waals surface area contributed by atoms with Gasteiger partial charge in [-0.1, -0.05) is 0 Å². The lowest BCUT2D eigenvalue weighted by Crippen LogP contribution is -2.34. The molecule has 1 rings (SSSR count). The smallest absolute Gasteiger partial charge is 0.307 e. The SMILES string of the molecule is CCOC(=O)CC(C)NCC1(CCO)CC1. The molecule has 1 unspecified atom stereocenters. The van der Waals surface area contributed by atoms with Crippen LogP contribution in [0, 0.1) is 5.41 Å². The van der Waals surface area contributed by atoms with Gasteiger partial charge in [-0.05, 0) is 38.5 Å². The molecule has 0 aromatic carbocycles. The van der Waals surface area contributed by atoms with Crippen LogP contribution in [0.25, 0.3) is 0 Å². The molecule has 2 N–H and O–H groups in total. The summed E-state index contributed by atoms with van der Waals surface area (Å²) in [6, 6.07) is 0.148. The molecule has 1 atom stereocenters. The molecule has 0 aliphatic heterocycles. The Labute approximate surface area is 97.4 Å². The Hall–Kier alpha value is -0.610. The van der Waals surface area contributed by atoms with Crippen LogP contribution in [0.15, 0.2) is 0 Å². The van der Waals surface area contributed by atoms with E-state index in [4.69, 9.17) is 9.84 Å². The number of rotatable bonds is 8. The second-order valence-corrected chi connectivity index (χ2v) is 4.76. The third-order valence-corrected chi connectivity index (χ3v) is 3.20. The first kappa shape index (κ1) is 13.5. The first-order chi connectivity index (χ1) is 7.62. The zero-order chi connectivity index (χ0) is 12.0. The Balaban J connectivity index is 2.15. The molecule has 0 bridgehead atoms. The summed E-state index contributed by atoms with van der Waals surface area (Å²) in [7, 11) is 0. The van der Waals surface area contributed by atoms with Crippen molar-refractivity contribution in [2.45, 2.75) is 45.6 Å². The number of aliphatic hydroxyl groups is 1. The van der Waals surface area contributed by atoms with E-state index in [-0.39, 0.29) is 18.6 Å². The maximum absolute atomic E-state index is 11.2. The fraction of sp³-hybridized carbons (Fsp3) is 0.917.